The molecule has 0 saturated heterocycles. The summed E-state index contributed by atoms with van der Waals surface area (Å²) in [5.74, 6) is 0.801. The van der Waals surface area contributed by atoms with Crippen molar-refractivity contribution in [3.63, 3.8) is 0 Å². The van der Waals surface area contributed by atoms with Crippen molar-refractivity contribution >= 4 is 17.5 Å². The van der Waals surface area contributed by atoms with E-state index in [1.165, 1.54) is 18.4 Å². The molecule has 2 aromatic carbocycles. The average Bonchev–Trinajstić information content (AvgIpc) is 3.40. The van der Waals surface area contributed by atoms with Crippen LogP contribution in [0.3, 0.4) is 0 Å². The Balaban J connectivity index is 1.77. The van der Waals surface area contributed by atoms with Crippen LogP contribution in [0.25, 0.3) is 0 Å². The van der Waals surface area contributed by atoms with Crippen LogP contribution in [0.1, 0.15) is 30.9 Å². The van der Waals surface area contributed by atoms with Crippen LogP contribution in [0, 0.1) is 5.92 Å². The van der Waals surface area contributed by atoms with Crippen LogP contribution in [-0.4, -0.2) is 16.8 Å². The van der Waals surface area contributed by atoms with E-state index >= 15 is 0 Å². The number of rotatable bonds is 6. The molecule has 0 aromatic heterocycles. The summed E-state index contributed by atoms with van der Waals surface area (Å²) in [6.07, 6.45) is 2.82. The van der Waals surface area contributed by atoms with E-state index in [0.717, 1.165) is 5.56 Å². The summed E-state index contributed by atoms with van der Waals surface area (Å²) in [6, 6.07) is 18.1. The third-order valence-electron chi connectivity index (χ3n) is 4.61. The van der Waals surface area contributed by atoms with E-state index in [-0.39, 0.29) is 11.9 Å². The lowest BCUT2D eigenvalue weighted by atomic mass is 10.1. The topological polar surface area (TPSA) is 20.3 Å². The second kappa shape index (κ2) is 7.18. The van der Waals surface area contributed by atoms with Crippen LogP contribution in [0.5, 0.6) is 0 Å². The lowest BCUT2D eigenvalue weighted by molar-refractivity contribution is -0.133. The van der Waals surface area contributed by atoms with Crippen LogP contribution in [-0.2, 0) is 17.8 Å². The first-order valence-electron chi connectivity index (χ1n) is 8.22. The maximum Gasteiger partial charge on any atom is 0.227 e. The molecule has 3 heteroatoms. The van der Waals surface area contributed by atoms with Gasteiger partial charge >= 0.3 is 0 Å². The zero-order valence-corrected chi connectivity index (χ0v) is 14.2. The molecule has 1 aliphatic carbocycles. The molecule has 1 unspecified atom stereocenters. The van der Waals surface area contributed by atoms with Gasteiger partial charge in [-0.3, -0.25) is 4.79 Å². The van der Waals surface area contributed by atoms with Gasteiger partial charge in [0.15, 0.2) is 0 Å². The quantitative estimate of drug-likeness (QED) is 0.752. The molecule has 1 saturated carbocycles. The predicted molar refractivity (Wildman–Crippen MR) is 94.3 cm³/mol. The van der Waals surface area contributed by atoms with Crippen molar-refractivity contribution in [1.29, 1.82) is 0 Å². The highest BCUT2D eigenvalue weighted by atomic mass is 35.5. The number of halogens is 1. The number of benzene rings is 2. The van der Waals surface area contributed by atoms with E-state index in [4.69, 9.17) is 11.6 Å². The fourth-order valence-corrected chi connectivity index (χ4v) is 3.18. The average molecular weight is 328 g/mol. The molecule has 2 aromatic rings. The minimum absolute atomic E-state index is 0.154. The smallest absolute Gasteiger partial charge is 0.227 e. The zero-order chi connectivity index (χ0) is 16.2. The minimum Gasteiger partial charge on any atom is -0.335 e. The van der Waals surface area contributed by atoms with Gasteiger partial charge in [-0.05, 0) is 42.9 Å². The third-order valence-corrected chi connectivity index (χ3v) is 4.98. The monoisotopic (exact) mass is 327 g/mol. The van der Waals surface area contributed by atoms with E-state index in [1.807, 2.05) is 47.4 Å². The van der Waals surface area contributed by atoms with Crippen molar-refractivity contribution in [1.82, 2.24) is 4.90 Å². The Morgan fingerprint density at radius 2 is 1.78 bits per heavy atom. The van der Waals surface area contributed by atoms with Crippen LogP contribution in [0.15, 0.2) is 54.6 Å². The molecule has 23 heavy (non-hydrogen) atoms. The van der Waals surface area contributed by atoms with Crippen molar-refractivity contribution in [2.45, 2.75) is 38.8 Å². The van der Waals surface area contributed by atoms with Crippen molar-refractivity contribution in [3.05, 3.63) is 70.7 Å². The van der Waals surface area contributed by atoms with Gasteiger partial charge < -0.3 is 4.90 Å². The molecule has 0 radical (unpaired) electrons. The number of hydrogen-bond acceptors (Lipinski definition) is 1. The van der Waals surface area contributed by atoms with Crippen LogP contribution < -0.4 is 0 Å². The summed E-state index contributed by atoms with van der Waals surface area (Å²) in [7, 11) is 0. The molecule has 0 heterocycles. The van der Waals surface area contributed by atoms with Gasteiger partial charge in [-0.15, -0.1) is 0 Å². The molecule has 0 N–H and O–H groups in total. The van der Waals surface area contributed by atoms with E-state index in [9.17, 15) is 4.79 Å². The fraction of sp³-hybridized carbons (Fsp3) is 0.350. The molecular formula is C20H22ClNO. The number of carbonyl (C=O) groups is 1. The Labute approximate surface area is 143 Å². The van der Waals surface area contributed by atoms with Crippen molar-refractivity contribution in [2.75, 3.05) is 0 Å². The molecule has 0 bridgehead atoms. The van der Waals surface area contributed by atoms with Crippen molar-refractivity contribution in [3.8, 4) is 0 Å². The maximum absolute atomic E-state index is 12.9. The second-order valence-electron chi connectivity index (χ2n) is 6.35. The van der Waals surface area contributed by atoms with Gasteiger partial charge in [-0.2, -0.15) is 0 Å². The predicted octanol–water partition coefficient (Wildman–Crippen LogP) is 4.71. The van der Waals surface area contributed by atoms with Crippen LogP contribution in [0.4, 0.5) is 0 Å². The van der Waals surface area contributed by atoms with E-state index in [2.05, 4.69) is 19.1 Å². The van der Waals surface area contributed by atoms with E-state index < -0.39 is 0 Å². The molecular weight excluding hydrogens is 306 g/mol. The first-order valence-corrected chi connectivity index (χ1v) is 8.59. The Bertz CT molecular complexity index is 666. The highest BCUT2D eigenvalue weighted by molar-refractivity contribution is 6.31. The second-order valence-corrected chi connectivity index (χ2v) is 6.76. The standard InChI is InChI=1S/C20H22ClNO/c1-15(17-11-12-17)22(14-16-7-3-2-4-8-16)20(23)13-18-9-5-6-10-19(18)21/h2-10,15,17H,11-14H2,1H3. The Morgan fingerprint density at radius 3 is 2.43 bits per heavy atom. The summed E-state index contributed by atoms with van der Waals surface area (Å²) in [6.45, 7) is 2.84. The first-order chi connectivity index (χ1) is 11.1. The maximum atomic E-state index is 12.9. The number of nitrogens with zero attached hydrogens (tertiary/aromatic N) is 1. The Kier molecular flexibility index (Phi) is 5.02. The molecule has 3 rings (SSSR count). The summed E-state index contributed by atoms with van der Waals surface area (Å²) < 4.78 is 0. The van der Waals surface area contributed by atoms with Gasteiger partial charge in [-0.25, -0.2) is 0 Å². The molecule has 1 atom stereocenters. The van der Waals surface area contributed by atoms with E-state index in [0.29, 0.717) is 23.9 Å². The summed E-state index contributed by atoms with van der Waals surface area (Å²) >= 11 is 6.22. The highest BCUT2D eigenvalue weighted by Crippen LogP contribution is 2.36. The number of hydrogen-bond donors (Lipinski definition) is 0. The SMILES string of the molecule is CC(C1CC1)N(Cc1ccccc1)C(=O)Cc1ccccc1Cl. The Hall–Kier alpha value is -1.80. The lowest BCUT2D eigenvalue weighted by Crippen LogP contribution is -2.40. The molecule has 0 spiro atoms. The number of carbonyl (C=O) groups excluding carboxylic acids is 1. The molecule has 120 valence electrons. The van der Waals surface area contributed by atoms with Crippen LogP contribution in [0.2, 0.25) is 5.02 Å². The number of amides is 1. The fourth-order valence-electron chi connectivity index (χ4n) is 2.98. The highest BCUT2D eigenvalue weighted by Gasteiger charge is 2.34. The molecule has 0 aliphatic heterocycles. The van der Waals surface area contributed by atoms with Gasteiger partial charge in [0.2, 0.25) is 5.91 Å². The zero-order valence-electron chi connectivity index (χ0n) is 13.4. The lowest BCUT2D eigenvalue weighted by Gasteiger charge is -2.30. The van der Waals surface area contributed by atoms with Crippen molar-refractivity contribution in [2.24, 2.45) is 5.92 Å². The molecule has 2 nitrogen and oxygen atoms in total. The summed E-state index contributed by atoms with van der Waals surface area (Å²) in [4.78, 5) is 14.9. The minimum atomic E-state index is 0.154. The van der Waals surface area contributed by atoms with Gasteiger partial charge in [0.25, 0.3) is 0 Å². The Morgan fingerprint density at radius 1 is 1.13 bits per heavy atom. The van der Waals surface area contributed by atoms with Crippen LogP contribution >= 0.6 is 11.6 Å². The molecule has 1 fully saturated rings. The largest absolute Gasteiger partial charge is 0.335 e. The van der Waals surface area contributed by atoms with Crippen molar-refractivity contribution < 1.29 is 4.79 Å². The van der Waals surface area contributed by atoms with Gasteiger partial charge in [0.1, 0.15) is 0 Å². The first kappa shape index (κ1) is 16.1. The summed E-state index contributed by atoms with van der Waals surface area (Å²) in [5.41, 5.74) is 2.08. The molecule has 1 aliphatic rings. The van der Waals surface area contributed by atoms with Gasteiger partial charge in [0.05, 0.1) is 6.42 Å². The van der Waals surface area contributed by atoms with E-state index in [1.54, 1.807) is 0 Å². The normalized spacial score (nSPS) is 15.2. The van der Waals surface area contributed by atoms with Gasteiger partial charge in [0, 0.05) is 17.6 Å². The third kappa shape index (κ3) is 4.14. The summed E-state index contributed by atoms with van der Waals surface area (Å²) in [5, 5.41) is 0.666. The van der Waals surface area contributed by atoms with Gasteiger partial charge in [-0.1, -0.05) is 60.1 Å². The molecule has 1 amide bonds.